The van der Waals surface area contributed by atoms with E-state index in [-0.39, 0.29) is 0 Å². The molecule has 9 aromatic carbocycles. The molecule has 0 atom stereocenters. The third kappa shape index (κ3) is 5.63. The molecule has 0 saturated heterocycles. The van der Waals surface area contributed by atoms with Gasteiger partial charge in [-0.3, -0.25) is 0 Å². The Morgan fingerprint density at radius 3 is 1.33 bits per heavy atom. The second-order valence-corrected chi connectivity index (χ2v) is 17.1. The number of fused-ring (bicyclic) bond motifs is 9. The SMILES string of the molecule is C1=CCCC(c2ccc(N(c3ccc(-c4ccccc4)cc3)c3ccc4c(c3)-c3ccccc3C43c4ccccc4C(c4ccccc4)(c4ccccc4)c4ccccc43)cc2)=C1. The summed E-state index contributed by atoms with van der Waals surface area (Å²) in [5.41, 5.74) is 20.4. The molecule has 0 bridgehead atoms. The van der Waals surface area contributed by atoms with Crippen LogP contribution in [0.2, 0.25) is 0 Å². The smallest absolute Gasteiger partial charge is 0.0720 e. The molecule has 0 N–H and O–H groups in total. The summed E-state index contributed by atoms with van der Waals surface area (Å²) < 4.78 is 0. The predicted octanol–water partition coefficient (Wildman–Crippen LogP) is 15.6. The first-order chi connectivity index (χ1) is 31.3. The van der Waals surface area contributed by atoms with E-state index >= 15 is 0 Å². The maximum absolute atomic E-state index is 2.46. The second kappa shape index (κ2) is 15.0. The summed E-state index contributed by atoms with van der Waals surface area (Å²) in [4.78, 5) is 2.43. The molecular weight excluding hydrogens is 759 g/mol. The monoisotopic (exact) mass is 803 g/mol. The highest BCUT2D eigenvalue weighted by atomic mass is 15.1. The lowest BCUT2D eigenvalue weighted by Crippen LogP contribution is -2.44. The molecule has 3 aliphatic rings. The summed E-state index contributed by atoms with van der Waals surface area (Å²) >= 11 is 0. The number of benzene rings is 9. The van der Waals surface area contributed by atoms with Crippen LogP contribution >= 0.6 is 0 Å². The summed E-state index contributed by atoms with van der Waals surface area (Å²) in [6, 6.07) is 86.2. The Morgan fingerprint density at radius 2 is 0.778 bits per heavy atom. The van der Waals surface area contributed by atoms with Crippen LogP contribution in [0, 0.1) is 0 Å². The minimum atomic E-state index is -0.545. The zero-order valence-corrected chi connectivity index (χ0v) is 35.0. The van der Waals surface area contributed by atoms with Crippen molar-refractivity contribution in [1.82, 2.24) is 0 Å². The Bertz CT molecular complexity index is 3100. The van der Waals surface area contributed by atoms with E-state index in [1.165, 1.54) is 77.9 Å². The van der Waals surface area contributed by atoms with E-state index in [0.717, 1.165) is 29.9 Å². The van der Waals surface area contributed by atoms with Crippen LogP contribution in [-0.4, -0.2) is 0 Å². The third-order valence-corrected chi connectivity index (χ3v) is 13.9. The minimum Gasteiger partial charge on any atom is -0.310 e. The molecule has 1 spiro atoms. The van der Waals surface area contributed by atoms with E-state index < -0.39 is 10.8 Å². The number of anilines is 3. The highest BCUT2D eigenvalue weighted by Gasteiger charge is 2.56. The van der Waals surface area contributed by atoms with Gasteiger partial charge in [0, 0.05) is 17.1 Å². The number of hydrogen-bond donors (Lipinski definition) is 0. The van der Waals surface area contributed by atoms with Crippen LogP contribution in [0.25, 0.3) is 27.8 Å². The lowest BCUT2D eigenvalue weighted by atomic mass is 9.51. The molecule has 0 amide bonds. The van der Waals surface area contributed by atoms with E-state index in [1.807, 2.05) is 0 Å². The van der Waals surface area contributed by atoms with Gasteiger partial charge in [-0.05, 0) is 127 Å². The average Bonchev–Trinajstić information content (AvgIpc) is 3.66. The fraction of sp³-hybridized carbons (Fsp3) is 0.0645. The fourth-order valence-electron chi connectivity index (χ4n) is 11.3. The van der Waals surface area contributed by atoms with Crippen molar-refractivity contribution in [3.05, 3.63) is 299 Å². The molecule has 0 heterocycles. The highest BCUT2D eigenvalue weighted by Crippen LogP contribution is 2.65. The van der Waals surface area contributed by atoms with Crippen molar-refractivity contribution in [2.24, 2.45) is 0 Å². The van der Waals surface area contributed by atoms with Crippen molar-refractivity contribution in [2.75, 3.05) is 4.90 Å². The van der Waals surface area contributed by atoms with Gasteiger partial charge in [-0.15, -0.1) is 0 Å². The normalized spacial score (nSPS) is 14.8. The van der Waals surface area contributed by atoms with Crippen molar-refractivity contribution < 1.29 is 0 Å². The molecule has 63 heavy (non-hydrogen) atoms. The van der Waals surface area contributed by atoms with Gasteiger partial charge in [0.2, 0.25) is 0 Å². The van der Waals surface area contributed by atoms with Crippen LogP contribution in [0.5, 0.6) is 0 Å². The van der Waals surface area contributed by atoms with Crippen LogP contribution in [0.1, 0.15) is 62.9 Å². The van der Waals surface area contributed by atoms with Gasteiger partial charge in [-0.1, -0.05) is 212 Å². The Hall–Kier alpha value is -7.74. The van der Waals surface area contributed by atoms with Gasteiger partial charge >= 0.3 is 0 Å². The van der Waals surface area contributed by atoms with Crippen molar-refractivity contribution >= 4 is 22.6 Å². The first-order valence-electron chi connectivity index (χ1n) is 22.2. The molecule has 298 valence electrons. The van der Waals surface area contributed by atoms with E-state index in [0.29, 0.717) is 0 Å². The lowest BCUT2D eigenvalue weighted by molar-refractivity contribution is 0.623. The molecule has 0 aromatic heterocycles. The highest BCUT2D eigenvalue weighted by molar-refractivity contribution is 5.92. The minimum absolute atomic E-state index is 0.530. The molecule has 12 rings (SSSR count). The Balaban J connectivity index is 1.09. The predicted molar refractivity (Wildman–Crippen MR) is 262 cm³/mol. The van der Waals surface area contributed by atoms with E-state index in [9.17, 15) is 0 Å². The quantitative estimate of drug-likeness (QED) is 0.155. The summed E-state index contributed by atoms with van der Waals surface area (Å²) in [6.45, 7) is 0. The molecular formula is C62H45N. The maximum atomic E-state index is 2.46. The molecule has 3 aliphatic carbocycles. The van der Waals surface area contributed by atoms with Crippen LogP contribution in [0.15, 0.2) is 249 Å². The van der Waals surface area contributed by atoms with Gasteiger partial charge in [0.25, 0.3) is 0 Å². The lowest BCUT2D eigenvalue weighted by Gasteiger charge is -2.50. The van der Waals surface area contributed by atoms with Gasteiger partial charge in [0.15, 0.2) is 0 Å². The maximum Gasteiger partial charge on any atom is 0.0720 e. The number of hydrogen-bond acceptors (Lipinski definition) is 1. The molecule has 0 fully saturated rings. The van der Waals surface area contributed by atoms with Crippen LogP contribution < -0.4 is 4.90 Å². The average molecular weight is 804 g/mol. The van der Waals surface area contributed by atoms with Gasteiger partial charge in [-0.2, -0.15) is 0 Å². The molecule has 1 heteroatoms. The fourth-order valence-corrected chi connectivity index (χ4v) is 11.3. The molecule has 1 nitrogen and oxygen atoms in total. The van der Waals surface area contributed by atoms with Gasteiger partial charge in [0.05, 0.1) is 10.8 Å². The van der Waals surface area contributed by atoms with Crippen molar-refractivity contribution in [3.8, 4) is 22.3 Å². The number of nitrogens with zero attached hydrogens (tertiary/aromatic N) is 1. The van der Waals surface area contributed by atoms with Gasteiger partial charge in [0.1, 0.15) is 0 Å². The zero-order valence-electron chi connectivity index (χ0n) is 35.0. The standard InChI is InChI=1S/C62H45N/c1-5-19-44(20-6-1)46-33-37-50(38-34-46)63(51-39-35-47(36-40-51)45-21-7-2-8-22-45)52-41-42-56-54(43-52)53-27-13-14-28-55(53)62(56)59-31-17-15-29-57(59)61(48-23-9-3-10-24-48,49-25-11-4-12-26-49)58-30-16-18-32-60(58)62/h1-7,9-21,23-43H,8,22H2. The summed E-state index contributed by atoms with van der Waals surface area (Å²) in [5.74, 6) is 0. The van der Waals surface area contributed by atoms with Gasteiger partial charge in [-0.25, -0.2) is 0 Å². The molecule has 0 unspecified atom stereocenters. The van der Waals surface area contributed by atoms with E-state index in [4.69, 9.17) is 0 Å². The Kier molecular flexibility index (Phi) is 8.83. The van der Waals surface area contributed by atoms with Crippen LogP contribution in [-0.2, 0) is 10.8 Å². The van der Waals surface area contributed by atoms with Gasteiger partial charge < -0.3 is 4.90 Å². The van der Waals surface area contributed by atoms with Crippen molar-refractivity contribution in [2.45, 2.75) is 23.7 Å². The number of allylic oxidation sites excluding steroid dienone is 4. The second-order valence-electron chi connectivity index (χ2n) is 17.1. The van der Waals surface area contributed by atoms with E-state index in [2.05, 4.69) is 254 Å². The van der Waals surface area contributed by atoms with Crippen LogP contribution in [0.4, 0.5) is 17.1 Å². The Labute approximate surface area is 370 Å². The topological polar surface area (TPSA) is 3.24 Å². The largest absolute Gasteiger partial charge is 0.310 e. The van der Waals surface area contributed by atoms with Crippen molar-refractivity contribution in [3.63, 3.8) is 0 Å². The summed E-state index contributed by atoms with van der Waals surface area (Å²) in [6.07, 6.45) is 8.85. The van der Waals surface area contributed by atoms with Crippen LogP contribution in [0.3, 0.4) is 0 Å². The summed E-state index contributed by atoms with van der Waals surface area (Å²) in [5, 5.41) is 0. The molecule has 0 aliphatic heterocycles. The van der Waals surface area contributed by atoms with E-state index in [1.54, 1.807) is 0 Å². The third-order valence-electron chi connectivity index (χ3n) is 13.9. The first kappa shape index (κ1) is 37.1. The molecule has 0 radical (unpaired) electrons. The summed E-state index contributed by atoms with van der Waals surface area (Å²) in [7, 11) is 0. The Morgan fingerprint density at radius 1 is 0.333 bits per heavy atom. The zero-order chi connectivity index (χ0) is 41.8. The molecule has 9 aromatic rings. The number of rotatable bonds is 7. The van der Waals surface area contributed by atoms with Crippen molar-refractivity contribution in [1.29, 1.82) is 0 Å². The molecule has 0 saturated carbocycles. The first-order valence-corrected chi connectivity index (χ1v) is 22.2.